The van der Waals surface area contributed by atoms with Gasteiger partial charge in [0.2, 0.25) is 6.17 Å². The first-order valence-electron chi connectivity index (χ1n) is 15.5. The highest BCUT2D eigenvalue weighted by Crippen LogP contribution is 2.34. The molecule has 1 unspecified atom stereocenters. The van der Waals surface area contributed by atoms with Crippen molar-refractivity contribution in [1.82, 2.24) is 0 Å². The van der Waals surface area contributed by atoms with Crippen LogP contribution in [-0.2, 0) is 11.2 Å². The zero-order chi connectivity index (χ0) is 31.1. The van der Waals surface area contributed by atoms with Crippen molar-refractivity contribution in [3.8, 4) is 16.9 Å². The predicted molar refractivity (Wildman–Crippen MR) is 164 cm³/mol. The first kappa shape index (κ1) is 33.9. The van der Waals surface area contributed by atoms with E-state index in [9.17, 15) is 22.8 Å². The smallest absolute Gasteiger partial charge is 0.422 e. The molecule has 0 aliphatic heterocycles. The van der Waals surface area contributed by atoms with Crippen LogP contribution in [0.4, 0.5) is 13.2 Å². The number of carbonyl (C=O) groups is 2. The van der Waals surface area contributed by atoms with Crippen LogP contribution >= 0.6 is 0 Å². The van der Waals surface area contributed by atoms with Gasteiger partial charge in [-0.2, -0.15) is 8.78 Å². The van der Waals surface area contributed by atoms with Gasteiger partial charge in [-0.05, 0) is 60.7 Å². The minimum atomic E-state index is -4.28. The minimum Gasteiger partial charge on any atom is -0.422 e. The van der Waals surface area contributed by atoms with Gasteiger partial charge in [0.25, 0.3) is 0 Å². The number of carbonyl (C=O) groups excluding carboxylic acids is 2. The number of benzene rings is 3. The summed E-state index contributed by atoms with van der Waals surface area (Å²) in [6.07, 6.45) is 3.42. The molecule has 0 fully saturated rings. The van der Waals surface area contributed by atoms with Crippen molar-refractivity contribution in [2.75, 3.05) is 0 Å². The maximum atomic E-state index is 14.4. The van der Waals surface area contributed by atoms with Gasteiger partial charge in [-0.25, -0.2) is 14.0 Å². The minimum absolute atomic E-state index is 0.00138. The fourth-order valence-electron chi connectivity index (χ4n) is 4.83. The Morgan fingerprint density at radius 1 is 0.721 bits per heavy atom. The first-order valence-corrected chi connectivity index (χ1v) is 15.5. The van der Waals surface area contributed by atoms with Crippen LogP contribution in [0.25, 0.3) is 11.1 Å². The highest BCUT2D eigenvalue weighted by molar-refractivity contribution is 5.94. The largest absolute Gasteiger partial charge is 0.432 e. The Hall–Kier alpha value is -3.61. The fraction of sp³-hybridized carbons (Fsp3) is 0.444. The molecule has 0 aliphatic carbocycles. The SMILES string of the molecule is CCCCCCCCc1ccc(C(=O)Oc2cc(C(=O)OC(F)(F)C(F)CCCCCC)ccc2-c2ccccc2)cc1. The lowest BCUT2D eigenvalue weighted by atomic mass is 10.0. The molecule has 0 amide bonds. The number of unbranched alkanes of at least 4 members (excludes halogenated alkanes) is 8. The Kier molecular flexibility index (Phi) is 13.8. The monoisotopic (exact) mass is 596 g/mol. The van der Waals surface area contributed by atoms with E-state index in [0.717, 1.165) is 31.2 Å². The molecular weight excluding hydrogens is 553 g/mol. The van der Waals surface area contributed by atoms with E-state index in [1.54, 1.807) is 36.4 Å². The zero-order valence-electron chi connectivity index (χ0n) is 25.3. The summed E-state index contributed by atoms with van der Waals surface area (Å²) in [6, 6.07) is 20.2. The van der Waals surface area contributed by atoms with Crippen LogP contribution < -0.4 is 4.74 Å². The molecule has 232 valence electrons. The van der Waals surface area contributed by atoms with Crippen LogP contribution in [0.5, 0.6) is 5.75 Å². The Labute approximate surface area is 253 Å². The topological polar surface area (TPSA) is 52.6 Å². The summed E-state index contributed by atoms with van der Waals surface area (Å²) in [5.74, 6) is -2.06. The molecule has 0 aliphatic rings. The van der Waals surface area contributed by atoms with Gasteiger partial charge in [-0.1, -0.05) is 114 Å². The quantitative estimate of drug-likeness (QED) is 0.0833. The third-order valence-corrected chi connectivity index (χ3v) is 7.42. The van der Waals surface area contributed by atoms with E-state index in [1.165, 1.54) is 50.3 Å². The van der Waals surface area contributed by atoms with Crippen molar-refractivity contribution in [1.29, 1.82) is 0 Å². The Balaban J connectivity index is 1.72. The molecule has 4 nitrogen and oxygen atoms in total. The second-order valence-corrected chi connectivity index (χ2v) is 10.9. The number of alkyl halides is 3. The summed E-state index contributed by atoms with van der Waals surface area (Å²) in [5.41, 5.74) is 2.33. The lowest BCUT2D eigenvalue weighted by Gasteiger charge is -2.21. The molecular formula is C36H43F3O4. The van der Waals surface area contributed by atoms with Gasteiger partial charge in [0, 0.05) is 5.56 Å². The van der Waals surface area contributed by atoms with Gasteiger partial charge in [-0.3, -0.25) is 0 Å². The van der Waals surface area contributed by atoms with Gasteiger partial charge in [0.15, 0.2) is 0 Å². The molecule has 0 heterocycles. The van der Waals surface area contributed by atoms with E-state index >= 15 is 0 Å². The number of hydrogen-bond donors (Lipinski definition) is 0. The summed E-state index contributed by atoms with van der Waals surface area (Å²) >= 11 is 0. The molecule has 3 aromatic rings. The summed E-state index contributed by atoms with van der Waals surface area (Å²) < 4.78 is 53.1. The number of esters is 2. The second-order valence-electron chi connectivity index (χ2n) is 10.9. The Morgan fingerprint density at radius 2 is 1.33 bits per heavy atom. The van der Waals surface area contributed by atoms with Gasteiger partial charge >= 0.3 is 18.0 Å². The summed E-state index contributed by atoms with van der Waals surface area (Å²) in [7, 11) is 0. The standard InChI is InChI=1S/C36H43F3O4/c1-3-5-7-9-10-12-16-27-20-22-29(23-21-27)34(40)42-32-26-30(24-25-31(32)28-17-13-11-14-18-28)35(41)43-36(38,39)33(37)19-15-8-6-4-2/h11,13-14,17-18,20-26,33H,3-10,12,15-16,19H2,1-2H3. The van der Waals surface area contributed by atoms with E-state index in [0.29, 0.717) is 23.1 Å². The van der Waals surface area contributed by atoms with E-state index in [2.05, 4.69) is 11.7 Å². The van der Waals surface area contributed by atoms with Crippen LogP contribution in [0.1, 0.15) is 111 Å². The van der Waals surface area contributed by atoms with Gasteiger partial charge in [0.1, 0.15) is 5.75 Å². The summed E-state index contributed by atoms with van der Waals surface area (Å²) in [6.45, 7) is 4.16. The van der Waals surface area contributed by atoms with Crippen molar-refractivity contribution in [3.63, 3.8) is 0 Å². The molecule has 0 N–H and O–H groups in total. The van der Waals surface area contributed by atoms with Crippen LogP contribution in [0, 0.1) is 0 Å². The molecule has 0 saturated heterocycles. The van der Waals surface area contributed by atoms with Crippen molar-refractivity contribution >= 4 is 11.9 Å². The van der Waals surface area contributed by atoms with Crippen LogP contribution in [-0.4, -0.2) is 24.2 Å². The molecule has 0 radical (unpaired) electrons. The van der Waals surface area contributed by atoms with Gasteiger partial charge in [0.05, 0.1) is 11.1 Å². The number of hydrogen-bond acceptors (Lipinski definition) is 4. The molecule has 43 heavy (non-hydrogen) atoms. The molecule has 1 atom stereocenters. The lowest BCUT2D eigenvalue weighted by molar-refractivity contribution is -0.240. The van der Waals surface area contributed by atoms with Crippen LogP contribution in [0.15, 0.2) is 72.8 Å². The first-order chi connectivity index (χ1) is 20.7. The molecule has 0 bridgehead atoms. The number of ether oxygens (including phenoxy) is 2. The van der Waals surface area contributed by atoms with E-state index < -0.39 is 30.6 Å². The van der Waals surface area contributed by atoms with E-state index in [-0.39, 0.29) is 17.7 Å². The maximum absolute atomic E-state index is 14.4. The van der Waals surface area contributed by atoms with Crippen molar-refractivity contribution in [3.05, 3.63) is 89.5 Å². The lowest BCUT2D eigenvalue weighted by Crippen LogP contribution is -2.35. The molecule has 7 heteroatoms. The summed E-state index contributed by atoms with van der Waals surface area (Å²) in [4.78, 5) is 25.8. The normalized spacial score (nSPS) is 12.1. The molecule has 0 saturated carbocycles. The van der Waals surface area contributed by atoms with E-state index in [1.807, 2.05) is 25.1 Å². The zero-order valence-corrected chi connectivity index (χ0v) is 25.3. The highest BCUT2D eigenvalue weighted by Gasteiger charge is 2.44. The van der Waals surface area contributed by atoms with Crippen LogP contribution in [0.2, 0.25) is 0 Å². The van der Waals surface area contributed by atoms with Crippen molar-refractivity contribution in [2.45, 2.75) is 103 Å². The maximum Gasteiger partial charge on any atom is 0.432 e. The molecule has 3 aromatic carbocycles. The van der Waals surface area contributed by atoms with Gasteiger partial charge in [-0.15, -0.1) is 0 Å². The Bertz CT molecular complexity index is 1280. The predicted octanol–water partition coefficient (Wildman–Crippen LogP) is 10.5. The second kappa shape index (κ2) is 17.5. The van der Waals surface area contributed by atoms with E-state index in [4.69, 9.17) is 4.74 Å². The number of aryl methyl sites for hydroxylation is 1. The third kappa shape index (κ3) is 10.9. The average molecular weight is 597 g/mol. The summed E-state index contributed by atoms with van der Waals surface area (Å²) in [5, 5.41) is 0. The number of rotatable bonds is 18. The fourth-order valence-corrected chi connectivity index (χ4v) is 4.83. The average Bonchev–Trinajstić information content (AvgIpc) is 3.01. The van der Waals surface area contributed by atoms with Crippen LogP contribution in [0.3, 0.4) is 0 Å². The highest BCUT2D eigenvalue weighted by atomic mass is 19.3. The molecule has 0 aromatic heterocycles. The molecule has 3 rings (SSSR count). The van der Waals surface area contributed by atoms with Gasteiger partial charge < -0.3 is 9.47 Å². The Morgan fingerprint density at radius 3 is 2.00 bits per heavy atom. The number of halogens is 3. The van der Waals surface area contributed by atoms with Crippen molar-refractivity contribution < 1.29 is 32.2 Å². The molecule has 0 spiro atoms. The van der Waals surface area contributed by atoms with Crippen molar-refractivity contribution in [2.24, 2.45) is 0 Å². The third-order valence-electron chi connectivity index (χ3n) is 7.42.